The lowest BCUT2D eigenvalue weighted by molar-refractivity contribution is -0.385. The summed E-state index contributed by atoms with van der Waals surface area (Å²) < 4.78 is 4.67. The molecular formula is C28H32N4O7. The molecule has 0 saturated carbocycles. The summed E-state index contributed by atoms with van der Waals surface area (Å²) in [6.45, 7) is 9.20. The number of nitrogens with zero attached hydrogens (tertiary/aromatic N) is 2. The van der Waals surface area contributed by atoms with E-state index in [1.54, 1.807) is 26.0 Å². The standard InChI is InChI=1S/C17H20N2O5.C11H12N2O2/c1-5-6-15(20)18-14-8-7-13(19(22)23)11-12(14)9-10-17(2,3)16(21)24-4;1-7(2)11-6-8-5-9(13(14)15)3-4-10(8)12-11/h7-8,11H,5-6H2,1-4H3,(H,18,20);3-7,12H,1-2H3. The topological polar surface area (TPSA) is 157 Å². The van der Waals surface area contributed by atoms with Gasteiger partial charge in [-0.25, -0.2) is 0 Å². The molecule has 0 saturated heterocycles. The normalized spacial score (nSPS) is 10.6. The van der Waals surface area contributed by atoms with Gasteiger partial charge in [0.1, 0.15) is 5.41 Å². The number of amides is 1. The van der Waals surface area contributed by atoms with Gasteiger partial charge in [0.2, 0.25) is 5.91 Å². The molecule has 1 aromatic heterocycles. The molecule has 1 amide bonds. The quantitative estimate of drug-likeness (QED) is 0.160. The smallest absolute Gasteiger partial charge is 0.323 e. The van der Waals surface area contributed by atoms with Crippen molar-refractivity contribution >= 4 is 39.8 Å². The maximum atomic E-state index is 11.8. The molecular weight excluding hydrogens is 504 g/mol. The van der Waals surface area contributed by atoms with E-state index < -0.39 is 16.3 Å². The zero-order valence-corrected chi connectivity index (χ0v) is 22.8. The molecule has 0 radical (unpaired) electrons. The summed E-state index contributed by atoms with van der Waals surface area (Å²) in [7, 11) is 1.26. The molecule has 39 heavy (non-hydrogen) atoms. The van der Waals surface area contributed by atoms with Crippen LogP contribution in [0.5, 0.6) is 0 Å². The average Bonchev–Trinajstić information content (AvgIpc) is 3.32. The first-order chi connectivity index (χ1) is 18.3. The molecule has 2 aromatic carbocycles. The van der Waals surface area contributed by atoms with Crippen LogP contribution in [0.2, 0.25) is 0 Å². The van der Waals surface area contributed by atoms with E-state index in [0.717, 1.165) is 16.6 Å². The molecule has 3 aromatic rings. The van der Waals surface area contributed by atoms with Gasteiger partial charge in [-0.3, -0.25) is 29.8 Å². The fourth-order valence-corrected chi connectivity index (χ4v) is 3.39. The summed E-state index contributed by atoms with van der Waals surface area (Å²) in [4.78, 5) is 47.3. The van der Waals surface area contributed by atoms with Gasteiger partial charge in [-0.1, -0.05) is 32.6 Å². The lowest BCUT2D eigenvalue weighted by atomic mass is 9.94. The van der Waals surface area contributed by atoms with E-state index in [2.05, 4.69) is 40.7 Å². The number of rotatable bonds is 7. The number of benzene rings is 2. The molecule has 11 heteroatoms. The van der Waals surface area contributed by atoms with Gasteiger partial charge in [0.05, 0.1) is 28.2 Å². The van der Waals surface area contributed by atoms with Crippen LogP contribution in [0.1, 0.15) is 64.6 Å². The summed E-state index contributed by atoms with van der Waals surface area (Å²) >= 11 is 0. The predicted octanol–water partition coefficient (Wildman–Crippen LogP) is 6.08. The fourth-order valence-electron chi connectivity index (χ4n) is 3.39. The number of H-pyrrole nitrogens is 1. The van der Waals surface area contributed by atoms with E-state index >= 15 is 0 Å². The minimum absolute atomic E-state index is 0.136. The van der Waals surface area contributed by atoms with Crippen molar-refractivity contribution in [1.82, 2.24) is 4.98 Å². The Morgan fingerprint density at radius 3 is 2.23 bits per heavy atom. The van der Waals surface area contributed by atoms with Crippen LogP contribution in [0.4, 0.5) is 17.1 Å². The Morgan fingerprint density at radius 1 is 1.05 bits per heavy atom. The van der Waals surface area contributed by atoms with Crippen molar-refractivity contribution in [3.8, 4) is 11.8 Å². The second-order valence-electron chi connectivity index (χ2n) is 9.56. The van der Waals surface area contributed by atoms with Crippen molar-refractivity contribution in [2.75, 3.05) is 12.4 Å². The maximum absolute atomic E-state index is 11.8. The third-order valence-corrected chi connectivity index (χ3v) is 5.63. The monoisotopic (exact) mass is 536 g/mol. The van der Waals surface area contributed by atoms with Crippen molar-refractivity contribution < 1.29 is 24.2 Å². The number of fused-ring (bicyclic) bond motifs is 1. The highest BCUT2D eigenvalue weighted by Gasteiger charge is 2.26. The molecule has 11 nitrogen and oxygen atoms in total. The SMILES string of the molecule is CC(C)c1cc2cc([N+](=O)[O-])ccc2[nH]1.CCCC(=O)Nc1ccc([N+](=O)[O-])cc1C#CC(C)(C)C(=O)OC. The molecule has 0 spiro atoms. The number of ether oxygens (including phenoxy) is 1. The van der Waals surface area contributed by atoms with Crippen molar-refractivity contribution in [2.24, 2.45) is 5.41 Å². The van der Waals surface area contributed by atoms with Crippen LogP contribution >= 0.6 is 0 Å². The number of carbonyl (C=O) groups excluding carboxylic acids is 2. The molecule has 0 aliphatic carbocycles. The number of non-ortho nitro benzene ring substituents is 2. The number of methoxy groups -OCH3 is 1. The second-order valence-corrected chi connectivity index (χ2v) is 9.56. The van der Waals surface area contributed by atoms with Crippen LogP contribution < -0.4 is 5.32 Å². The third kappa shape index (κ3) is 8.39. The summed E-state index contributed by atoms with van der Waals surface area (Å²) in [6.07, 6.45) is 1.01. The van der Waals surface area contributed by atoms with Gasteiger partial charge in [0, 0.05) is 47.3 Å². The first-order valence-electron chi connectivity index (χ1n) is 12.3. The van der Waals surface area contributed by atoms with E-state index in [1.807, 2.05) is 13.0 Å². The third-order valence-electron chi connectivity index (χ3n) is 5.63. The molecule has 2 N–H and O–H groups in total. The lowest BCUT2D eigenvalue weighted by Crippen LogP contribution is -2.23. The van der Waals surface area contributed by atoms with Crippen molar-refractivity contribution in [3.05, 3.63) is 74.0 Å². The van der Waals surface area contributed by atoms with Crippen LogP contribution in [-0.4, -0.2) is 33.8 Å². The zero-order valence-electron chi connectivity index (χ0n) is 22.8. The van der Waals surface area contributed by atoms with Gasteiger partial charge in [-0.05, 0) is 44.4 Å². The Kier molecular flexibility index (Phi) is 10.3. The number of esters is 1. The number of carbonyl (C=O) groups is 2. The minimum atomic E-state index is -1.08. The van der Waals surface area contributed by atoms with Crippen molar-refractivity contribution in [2.45, 2.75) is 53.4 Å². The Morgan fingerprint density at radius 2 is 1.67 bits per heavy atom. The van der Waals surface area contributed by atoms with Crippen LogP contribution in [0.25, 0.3) is 10.9 Å². The first-order valence-corrected chi connectivity index (χ1v) is 12.3. The number of aromatic amines is 1. The molecule has 0 fully saturated rings. The molecule has 3 rings (SSSR count). The van der Waals surface area contributed by atoms with Crippen LogP contribution in [0.3, 0.4) is 0 Å². The highest BCUT2D eigenvalue weighted by atomic mass is 16.6. The molecule has 1 heterocycles. The van der Waals surface area contributed by atoms with Gasteiger partial charge < -0.3 is 15.0 Å². The van der Waals surface area contributed by atoms with E-state index in [9.17, 15) is 29.8 Å². The number of aromatic nitrogens is 1. The zero-order chi connectivity index (χ0) is 29.3. The van der Waals surface area contributed by atoms with E-state index in [4.69, 9.17) is 0 Å². The number of anilines is 1. The lowest BCUT2D eigenvalue weighted by Gasteiger charge is -2.13. The molecule has 0 aliphatic rings. The van der Waals surface area contributed by atoms with Crippen LogP contribution in [0, 0.1) is 37.5 Å². The molecule has 0 atom stereocenters. The molecule has 206 valence electrons. The minimum Gasteiger partial charge on any atom is -0.468 e. The number of hydrogen-bond donors (Lipinski definition) is 2. The summed E-state index contributed by atoms with van der Waals surface area (Å²) in [6, 6.07) is 10.8. The van der Waals surface area contributed by atoms with Crippen molar-refractivity contribution in [3.63, 3.8) is 0 Å². The number of nitrogens with one attached hydrogen (secondary N) is 2. The Hall–Kier alpha value is -4.72. The maximum Gasteiger partial charge on any atom is 0.323 e. The summed E-state index contributed by atoms with van der Waals surface area (Å²) in [5.74, 6) is 5.16. The van der Waals surface area contributed by atoms with E-state index in [0.29, 0.717) is 24.4 Å². The molecule has 0 unspecified atom stereocenters. The van der Waals surface area contributed by atoms with Gasteiger partial charge in [-0.2, -0.15) is 0 Å². The van der Waals surface area contributed by atoms with Crippen molar-refractivity contribution in [1.29, 1.82) is 0 Å². The Bertz CT molecular complexity index is 1450. The highest BCUT2D eigenvalue weighted by molar-refractivity contribution is 5.92. The molecule has 0 bridgehead atoms. The highest BCUT2D eigenvalue weighted by Crippen LogP contribution is 2.25. The predicted molar refractivity (Wildman–Crippen MR) is 148 cm³/mol. The number of nitro groups is 2. The largest absolute Gasteiger partial charge is 0.468 e. The average molecular weight is 537 g/mol. The van der Waals surface area contributed by atoms with E-state index in [-0.39, 0.29) is 27.8 Å². The van der Waals surface area contributed by atoms with Crippen LogP contribution in [0.15, 0.2) is 42.5 Å². The Balaban J connectivity index is 0.000000302. The number of hydrogen-bond acceptors (Lipinski definition) is 7. The summed E-state index contributed by atoms with van der Waals surface area (Å²) in [5, 5.41) is 25.1. The Labute approximate surface area is 226 Å². The second kappa shape index (κ2) is 13.2. The van der Waals surface area contributed by atoms with Gasteiger partial charge >= 0.3 is 5.97 Å². The van der Waals surface area contributed by atoms with Crippen LogP contribution in [-0.2, 0) is 14.3 Å². The van der Waals surface area contributed by atoms with E-state index in [1.165, 1.54) is 31.4 Å². The summed E-state index contributed by atoms with van der Waals surface area (Å²) in [5.41, 5.74) is 1.59. The number of nitro benzene ring substituents is 2. The fraction of sp³-hybridized carbons (Fsp3) is 0.357. The van der Waals surface area contributed by atoms with Gasteiger partial charge in [0.15, 0.2) is 0 Å². The van der Waals surface area contributed by atoms with Gasteiger partial charge in [0.25, 0.3) is 11.4 Å². The first kappa shape index (κ1) is 30.5. The molecule has 0 aliphatic heterocycles. The van der Waals surface area contributed by atoms with Gasteiger partial charge in [-0.15, -0.1) is 0 Å².